The van der Waals surface area contributed by atoms with Crippen molar-refractivity contribution in [1.82, 2.24) is 9.80 Å². The lowest BCUT2D eigenvalue weighted by Gasteiger charge is -2.34. The molecule has 0 spiro atoms. The van der Waals surface area contributed by atoms with Gasteiger partial charge in [0.15, 0.2) is 0 Å². The van der Waals surface area contributed by atoms with E-state index in [1.54, 1.807) is 12.1 Å². The van der Waals surface area contributed by atoms with E-state index in [9.17, 15) is 4.79 Å². The van der Waals surface area contributed by atoms with Gasteiger partial charge >= 0.3 is 0 Å². The monoisotopic (exact) mass is 310 g/mol. The quantitative estimate of drug-likeness (QED) is 0.838. The van der Waals surface area contributed by atoms with Gasteiger partial charge in [-0.05, 0) is 32.0 Å². The molecule has 1 aliphatic heterocycles. The van der Waals surface area contributed by atoms with Crippen molar-refractivity contribution < 1.29 is 9.53 Å². The summed E-state index contributed by atoms with van der Waals surface area (Å²) in [7, 11) is 0. The van der Waals surface area contributed by atoms with Gasteiger partial charge in [-0.1, -0.05) is 17.7 Å². The molecule has 0 saturated carbocycles. The van der Waals surface area contributed by atoms with Crippen molar-refractivity contribution >= 4 is 17.5 Å². The minimum Gasteiger partial charge on any atom is -0.377 e. The normalized spacial score (nSPS) is 16.5. The average molecular weight is 311 g/mol. The van der Waals surface area contributed by atoms with Crippen LogP contribution in [0, 0.1) is 0 Å². The van der Waals surface area contributed by atoms with E-state index in [1.807, 2.05) is 30.9 Å². The van der Waals surface area contributed by atoms with Crippen LogP contribution in [0.15, 0.2) is 24.3 Å². The molecule has 0 radical (unpaired) electrons. The number of carbonyl (C=O) groups is 1. The van der Waals surface area contributed by atoms with Crippen LogP contribution in [0.3, 0.4) is 0 Å². The molecule has 4 nitrogen and oxygen atoms in total. The number of halogens is 1. The van der Waals surface area contributed by atoms with Crippen LogP contribution in [0.25, 0.3) is 0 Å². The highest BCUT2D eigenvalue weighted by Crippen LogP contribution is 2.14. The molecule has 1 fully saturated rings. The molecule has 0 N–H and O–H groups in total. The van der Waals surface area contributed by atoms with Crippen molar-refractivity contribution in [3.05, 3.63) is 34.9 Å². The van der Waals surface area contributed by atoms with Crippen LogP contribution < -0.4 is 0 Å². The molecule has 5 heteroatoms. The number of hydrogen-bond donors (Lipinski definition) is 0. The number of ether oxygens (including phenoxy) is 1. The lowest BCUT2D eigenvalue weighted by Crippen LogP contribution is -2.49. The van der Waals surface area contributed by atoms with Crippen molar-refractivity contribution in [2.75, 3.05) is 39.3 Å². The van der Waals surface area contributed by atoms with Crippen molar-refractivity contribution in [3.63, 3.8) is 0 Å². The van der Waals surface area contributed by atoms with Gasteiger partial charge in [0, 0.05) is 43.3 Å². The zero-order valence-electron chi connectivity index (χ0n) is 12.7. The second kappa shape index (κ2) is 7.78. The smallest absolute Gasteiger partial charge is 0.253 e. The Hall–Kier alpha value is -1.10. The maximum atomic E-state index is 12.4. The Morgan fingerprint density at radius 1 is 1.29 bits per heavy atom. The molecule has 1 amide bonds. The highest BCUT2D eigenvalue weighted by molar-refractivity contribution is 6.30. The Morgan fingerprint density at radius 2 is 2.00 bits per heavy atom. The summed E-state index contributed by atoms with van der Waals surface area (Å²) < 4.78 is 5.56. The zero-order chi connectivity index (χ0) is 15.2. The fourth-order valence-electron chi connectivity index (χ4n) is 2.40. The standard InChI is InChI=1S/C16H23ClN2O2/c1-13(2)21-11-10-18-6-8-19(9-7-18)16(20)14-4-3-5-15(17)12-14/h3-5,12-13H,6-11H2,1-2H3. The van der Waals surface area contributed by atoms with Crippen molar-refractivity contribution in [2.24, 2.45) is 0 Å². The van der Waals surface area contributed by atoms with E-state index in [4.69, 9.17) is 16.3 Å². The fraction of sp³-hybridized carbons (Fsp3) is 0.562. The third kappa shape index (κ3) is 4.99. The van der Waals surface area contributed by atoms with E-state index in [1.165, 1.54) is 0 Å². The van der Waals surface area contributed by atoms with E-state index in [0.29, 0.717) is 10.6 Å². The SMILES string of the molecule is CC(C)OCCN1CCN(C(=O)c2cccc(Cl)c2)CC1. The summed E-state index contributed by atoms with van der Waals surface area (Å²) in [5, 5.41) is 0.602. The van der Waals surface area contributed by atoms with Crippen LogP contribution in [-0.2, 0) is 4.74 Å². The number of rotatable bonds is 5. The summed E-state index contributed by atoms with van der Waals surface area (Å²) in [6, 6.07) is 7.14. The molecule has 1 heterocycles. The van der Waals surface area contributed by atoms with E-state index < -0.39 is 0 Å². The zero-order valence-corrected chi connectivity index (χ0v) is 13.5. The molecule has 1 aromatic rings. The van der Waals surface area contributed by atoms with E-state index >= 15 is 0 Å². The minimum absolute atomic E-state index is 0.0654. The Labute approximate surface area is 131 Å². The van der Waals surface area contributed by atoms with Crippen LogP contribution in [0.4, 0.5) is 0 Å². The van der Waals surface area contributed by atoms with Gasteiger partial charge in [-0.15, -0.1) is 0 Å². The third-order valence-corrected chi connectivity index (χ3v) is 3.82. The number of benzene rings is 1. The first kappa shape index (κ1) is 16.3. The maximum absolute atomic E-state index is 12.4. The molecule has 116 valence electrons. The number of hydrogen-bond acceptors (Lipinski definition) is 3. The second-order valence-corrected chi connectivity index (χ2v) is 6.00. The number of amides is 1. The van der Waals surface area contributed by atoms with Gasteiger partial charge in [0.25, 0.3) is 5.91 Å². The topological polar surface area (TPSA) is 32.8 Å². The first-order chi connectivity index (χ1) is 10.1. The maximum Gasteiger partial charge on any atom is 0.253 e. The van der Waals surface area contributed by atoms with Crippen LogP contribution in [0.1, 0.15) is 24.2 Å². The predicted octanol–water partition coefficient (Wildman–Crippen LogP) is 2.52. The highest BCUT2D eigenvalue weighted by atomic mass is 35.5. The molecule has 0 bridgehead atoms. The Bertz CT molecular complexity index is 471. The fourth-order valence-corrected chi connectivity index (χ4v) is 2.59. The summed E-state index contributed by atoms with van der Waals surface area (Å²) >= 11 is 5.94. The van der Waals surface area contributed by atoms with Gasteiger partial charge < -0.3 is 9.64 Å². The Balaban J connectivity index is 1.79. The summed E-state index contributed by atoms with van der Waals surface area (Å²) in [6.07, 6.45) is 0.274. The largest absolute Gasteiger partial charge is 0.377 e. The average Bonchev–Trinajstić information content (AvgIpc) is 2.47. The van der Waals surface area contributed by atoms with Gasteiger partial charge in [0.1, 0.15) is 0 Å². The molecule has 0 aromatic heterocycles. The van der Waals surface area contributed by atoms with Crippen LogP contribution >= 0.6 is 11.6 Å². The summed E-state index contributed by atoms with van der Waals surface area (Å²) in [6.45, 7) is 9.07. The summed E-state index contributed by atoms with van der Waals surface area (Å²) in [5.74, 6) is 0.0654. The van der Waals surface area contributed by atoms with Gasteiger partial charge in [-0.2, -0.15) is 0 Å². The van der Waals surface area contributed by atoms with Crippen molar-refractivity contribution in [1.29, 1.82) is 0 Å². The molecule has 1 saturated heterocycles. The van der Waals surface area contributed by atoms with Crippen LogP contribution in [0.2, 0.25) is 5.02 Å². The van der Waals surface area contributed by atoms with E-state index in [2.05, 4.69) is 4.90 Å². The molecule has 2 rings (SSSR count). The Kier molecular flexibility index (Phi) is 6.03. The number of piperazine rings is 1. The molecule has 0 aliphatic carbocycles. The molecule has 0 unspecified atom stereocenters. The summed E-state index contributed by atoms with van der Waals surface area (Å²) in [5.41, 5.74) is 0.666. The van der Waals surface area contributed by atoms with Crippen LogP contribution in [0.5, 0.6) is 0 Å². The minimum atomic E-state index is 0.0654. The highest BCUT2D eigenvalue weighted by Gasteiger charge is 2.21. The lowest BCUT2D eigenvalue weighted by atomic mass is 10.2. The number of nitrogens with zero attached hydrogens (tertiary/aromatic N) is 2. The first-order valence-electron chi connectivity index (χ1n) is 7.45. The molecular formula is C16H23ClN2O2. The van der Waals surface area contributed by atoms with Crippen molar-refractivity contribution in [3.8, 4) is 0 Å². The lowest BCUT2D eigenvalue weighted by molar-refractivity contribution is 0.0407. The molecule has 0 atom stereocenters. The molecule has 1 aliphatic rings. The summed E-state index contributed by atoms with van der Waals surface area (Å²) in [4.78, 5) is 16.6. The van der Waals surface area contributed by atoms with Gasteiger partial charge in [-0.3, -0.25) is 9.69 Å². The van der Waals surface area contributed by atoms with Gasteiger partial charge in [0.2, 0.25) is 0 Å². The molecule has 1 aromatic carbocycles. The third-order valence-electron chi connectivity index (χ3n) is 3.59. The Morgan fingerprint density at radius 3 is 2.62 bits per heavy atom. The van der Waals surface area contributed by atoms with Gasteiger partial charge in [0.05, 0.1) is 12.7 Å². The molecular weight excluding hydrogens is 288 g/mol. The van der Waals surface area contributed by atoms with E-state index in [0.717, 1.165) is 39.3 Å². The van der Waals surface area contributed by atoms with Crippen molar-refractivity contribution in [2.45, 2.75) is 20.0 Å². The number of carbonyl (C=O) groups excluding carboxylic acids is 1. The van der Waals surface area contributed by atoms with Gasteiger partial charge in [-0.25, -0.2) is 0 Å². The first-order valence-corrected chi connectivity index (χ1v) is 7.83. The van der Waals surface area contributed by atoms with E-state index in [-0.39, 0.29) is 12.0 Å². The van der Waals surface area contributed by atoms with Crippen LogP contribution in [-0.4, -0.2) is 61.1 Å². The second-order valence-electron chi connectivity index (χ2n) is 5.56. The molecule has 21 heavy (non-hydrogen) atoms. The predicted molar refractivity (Wildman–Crippen MR) is 84.9 cm³/mol.